The number of nitrogens with two attached hydrogens (primary N) is 1. The highest BCUT2D eigenvalue weighted by molar-refractivity contribution is 5.82. The number of amides is 1. The van der Waals surface area contributed by atoms with Crippen molar-refractivity contribution in [2.75, 3.05) is 13.2 Å². The van der Waals surface area contributed by atoms with Crippen molar-refractivity contribution in [3.05, 3.63) is 78.1 Å². The van der Waals surface area contributed by atoms with Crippen molar-refractivity contribution in [3.8, 4) is 22.6 Å². The molecule has 0 aliphatic carbocycles. The van der Waals surface area contributed by atoms with E-state index in [1.165, 1.54) is 0 Å². The van der Waals surface area contributed by atoms with Crippen molar-refractivity contribution in [2.24, 2.45) is 5.73 Å². The Balaban J connectivity index is 1.61. The molecule has 2 heterocycles. The van der Waals surface area contributed by atoms with Crippen molar-refractivity contribution in [1.29, 1.82) is 0 Å². The van der Waals surface area contributed by atoms with E-state index < -0.39 is 0 Å². The third kappa shape index (κ3) is 3.77. The largest absolute Gasteiger partial charge is 0.486 e. The summed E-state index contributed by atoms with van der Waals surface area (Å²) in [5.41, 5.74) is 9.47. The fourth-order valence-corrected chi connectivity index (χ4v) is 3.28. The van der Waals surface area contributed by atoms with E-state index in [0.717, 1.165) is 33.8 Å². The molecule has 1 unspecified atom stereocenters. The minimum atomic E-state index is -0.386. The van der Waals surface area contributed by atoms with Crippen LogP contribution in [0.4, 0.5) is 0 Å². The molecule has 1 aromatic heterocycles. The van der Waals surface area contributed by atoms with Crippen molar-refractivity contribution in [3.63, 3.8) is 0 Å². The molecule has 0 saturated heterocycles. The number of hydrogen-bond donors (Lipinski definition) is 1. The van der Waals surface area contributed by atoms with Crippen LogP contribution in [0.15, 0.2) is 67.0 Å². The Morgan fingerprint density at radius 2 is 1.74 bits per heavy atom. The summed E-state index contributed by atoms with van der Waals surface area (Å²) in [6.07, 6.45) is 4.09. The minimum absolute atomic E-state index is 0.342. The van der Waals surface area contributed by atoms with Crippen LogP contribution in [0.3, 0.4) is 0 Å². The van der Waals surface area contributed by atoms with Crippen LogP contribution in [0.25, 0.3) is 11.1 Å². The van der Waals surface area contributed by atoms with Gasteiger partial charge in [0.05, 0.1) is 5.92 Å². The Kier molecular flexibility index (Phi) is 4.75. The van der Waals surface area contributed by atoms with Gasteiger partial charge < -0.3 is 15.2 Å². The number of benzene rings is 2. The first-order valence-corrected chi connectivity index (χ1v) is 8.89. The highest BCUT2D eigenvalue weighted by atomic mass is 16.6. The number of ether oxygens (including phenoxy) is 2. The van der Waals surface area contributed by atoms with Crippen molar-refractivity contribution >= 4 is 5.91 Å². The summed E-state index contributed by atoms with van der Waals surface area (Å²) < 4.78 is 11.2. The van der Waals surface area contributed by atoms with E-state index in [1.807, 2.05) is 54.6 Å². The average molecular weight is 360 g/mol. The summed E-state index contributed by atoms with van der Waals surface area (Å²) in [7, 11) is 0. The van der Waals surface area contributed by atoms with Gasteiger partial charge in [-0.15, -0.1) is 0 Å². The number of rotatable bonds is 5. The van der Waals surface area contributed by atoms with Crippen LogP contribution >= 0.6 is 0 Å². The maximum Gasteiger partial charge on any atom is 0.225 e. The number of carbonyl (C=O) groups excluding carboxylic acids is 1. The predicted molar refractivity (Wildman–Crippen MR) is 103 cm³/mol. The van der Waals surface area contributed by atoms with Gasteiger partial charge in [0, 0.05) is 18.0 Å². The van der Waals surface area contributed by atoms with Crippen LogP contribution in [-0.2, 0) is 11.2 Å². The highest BCUT2D eigenvalue weighted by Gasteiger charge is 2.19. The molecule has 2 N–H and O–H groups in total. The molecule has 2 aromatic carbocycles. The number of aromatic nitrogens is 1. The summed E-state index contributed by atoms with van der Waals surface area (Å²) in [6, 6.07) is 17.5. The van der Waals surface area contributed by atoms with Gasteiger partial charge in [0.1, 0.15) is 13.2 Å². The first-order valence-electron chi connectivity index (χ1n) is 8.89. The molecule has 0 bridgehead atoms. The molecule has 27 heavy (non-hydrogen) atoms. The second-order valence-corrected chi connectivity index (χ2v) is 6.51. The molecule has 0 radical (unpaired) electrons. The first kappa shape index (κ1) is 17.1. The Bertz CT molecular complexity index is 957. The Hall–Kier alpha value is -3.34. The number of pyridine rings is 1. The number of nitrogens with zero attached hydrogens (tertiary/aromatic N) is 1. The lowest BCUT2D eigenvalue weighted by atomic mass is 9.91. The lowest BCUT2D eigenvalue weighted by molar-refractivity contribution is -0.119. The topological polar surface area (TPSA) is 74.4 Å². The van der Waals surface area contributed by atoms with Gasteiger partial charge in [0.15, 0.2) is 11.5 Å². The standard InChI is InChI=1S/C22H20N2O3/c23-22(25)19(16-4-2-1-3-5-16)11-15-10-18(14-24-13-15)17-6-7-20-21(12-17)27-9-8-26-20/h1-7,10,12-14,19H,8-9,11H2,(H2,23,25). The van der Waals surface area contributed by atoms with E-state index in [2.05, 4.69) is 4.98 Å². The van der Waals surface area contributed by atoms with Crippen LogP contribution in [0.2, 0.25) is 0 Å². The Labute approximate surface area is 157 Å². The third-order valence-electron chi connectivity index (χ3n) is 4.66. The van der Waals surface area contributed by atoms with E-state index in [9.17, 15) is 4.79 Å². The molecular formula is C22H20N2O3. The SMILES string of the molecule is NC(=O)C(Cc1cncc(-c2ccc3c(c2)OCCO3)c1)c1ccccc1. The van der Waals surface area contributed by atoms with Gasteiger partial charge in [0.2, 0.25) is 5.91 Å². The molecule has 5 heteroatoms. The molecule has 0 spiro atoms. The molecule has 1 atom stereocenters. The quantitative estimate of drug-likeness (QED) is 0.757. The number of hydrogen-bond acceptors (Lipinski definition) is 4. The summed E-state index contributed by atoms with van der Waals surface area (Å²) in [6.45, 7) is 1.11. The maximum absolute atomic E-state index is 12.0. The summed E-state index contributed by atoms with van der Waals surface area (Å²) in [5, 5.41) is 0. The molecule has 1 aliphatic heterocycles. The van der Waals surface area contributed by atoms with E-state index in [0.29, 0.717) is 19.6 Å². The molecule has 3 aromatic rings. The first-order chi connectivity index (χ1) is 13.2. The lowest BCUT2D eigenvalue weighted by Crippen LogP contribution is -2.23. The van der Waals surface area contributed by atoms with Gasteiger partial charge in [-0.25, -0.2) is 0 Å². The van der Waals surface area contributed by atoms with Crippen molar-refractivity contribution < 1.29 is 14.3 Å². The van der Waals surface area contributed by atoms with Crippen LogP contribution in [0.5, 0.6) is 11.5 Å². The second-order valence-electron chi connectivity index (χ2n) is 6.51. The zero-order valence-electron chi connectivity index (χ0n) is 14.8. The molecule has 1 aliphatic rings. The zero-order valence-corrected chi connectivity index (χ0v) is 14.8. The van der Waals surface area contributed by atoms with Crippen LogP contribution < -0.4 is 15.2 Å². The normalized spacial score (nSPS) is 13.8. The summed E-state index contributed by atoms with van der Waals surface area (Å²) >= 11 is 0. The fraction of sp³-hybridized carbons (Fsp3) is 0.182. The van der Waals surface area contributed by atoms with Crippen LogP contribution in [0.1, 0.15) is 17.0 Å². The van der Waals surface area contributed by atoms with Crippen molar-refractivity contribution in [1.82, 2.24) is 4.98 Å². The average Bonchev–Trinajstić information content (AvgIpc) is 2.72. The van der Waals surface area contributed by atoms with E-state index in [-0.39, 0.29) is 11.8 Å². The minimum Gasteiger partial charge on any atom is -0.486 e. The number of carbonyl (C=O) groups is 1. The maximum atomic E-state index is 12.0. The third-order valence-corrected chi connectivity index (χ3v) is 4.66. The molecule has 4 rings (SSSR count). The summed E-state index contributed by atoms with van der Waals surface area (Å²) in [4.78, 5) is 16.3. The Morgan fingerprint density at radius 1 is 0.963 bits per heavy atom. The van der Waals surface area contributed by atoms with Gasteiger partial charge in [-0.2, -0.15) is 0 Å². The van der Waals surface area contributed by atoms with Crippen LogP contribution in [0, 0.1) is 0 Å². The van der Waals surface area contributed by atoms with Gasteiger partial charge in [-0.3, -0.25) is 9.78 Å². The van der Waals surface area contributed by atoms with Gasteiger partial charge >= 0.3 is 0 Å². The Morgan fingerprint density at radius 3 is 2.52 bits per heavy atom. The van der Waals surface area contributed by atoms with Crippen LogP contribution in [-0.4, -0.2) is 24.1 Å². The van der Waals surface area contributed by atoms with Gasteiger partial charge in [-0.1, -0.05) is 36.4 Å². The molecule has 0 saturated carbocycles. The molecule has 1 amide bonds. The van der Waals surface area contributed by atoms with E-state index in [4.69, 9.17) is 15.2 Å². The van der Waals surface area contributed by atoms with E-state index in [1.54, 1.807) is 12.4 Å². The predicted octanol–water partition coefficient (Wildman–Crippen LogP) is 3.33. The zero-order chi connectivity index (χ0) is 18.6. The lowest BCUT2D eigenvalue weighted by Gasteiger charge is -2.19. The van der Waals surface area contributed by atoms with Gasteiger partial charge in [-0.05, 0) is 41.3 Å². The second kappa shape index (κ2) is 7.50. The molecule has 0 fully saturated rings. The smallest absolute Gasteiger partial charge is 0.225 e. The fourth-order valence-electron chi connectivity index (χ4n) is 3.28. The van der Waals surface area contributed by atoms with E-state index >= 15 is 0 Å². The number of primary amides is 1. The molecular weight excluding hydrogens is 340 g/mol. The van der Waals surface area contributed by atoms with Gasteiger partial charge in [0.25, 0.3) is 0 Å². The number of fused-ring (bicyclic) bond motifs is 1. The molecule has 136 valence electrons. The molecule has 5 nitrogen and oxygen atoms in total. The highest BCUT2D eigenvalue weighted by Crippen LogP contribution is 2.34. The monoisotopic (exact) mass is 360 g/mol. The summed E-state index contributed by atoms with van der Waals surface area (Å²) in [5.74, 6) is 0.768. The van der Waals surface area contributed by atoms with Crippen molar-refractivity contribution in [2.45, 2.75) is 12.3 Å².